The van der Waals surface area contributed by atoms with E-state index in [9.17, 15) is 39.6 Å². The summed E-state index contributed by atoms with van der Waals surface area (Å²) in [5.74, 6) is -7.13. The van der Waals surface area contributed by atoms with E-state index in [1.807, 2.05) is 0 Å². The van der Waals surface area contributed by atoms with Gasteiger partial charge in [0.1, 0.15) is 5.60 Å². The van der Waals surface area contributed by atoms with Gasteiger partial charge in [-0.25, -0.2) is 0 Å². The zero-order valence-electron chi connectivity index (χ0n) is 11.8. The van der Waals surface area contributed by atoms with E-state index in [1.165, 1.54) is 0 Å². The number of nitrogens with one attached hydrogen (secondary N) is 1. The SMILES string of the molecule is O=C([O-])CNOC(=O)CC(O)(CC(=O)[O-])C(=O)[O-].[Na+].[Na+].[Na+]. The summed E-state index contributed by atoms with van der Waals surface area (Å²) in [6.45, 7) is -0.865. The maximum Gasteiger partial charge on any atom is 1.00 e. The minimum Gasteiger partial charge on any atom is -0.550 e. The van der Waals surface area contributed by atoms with Crippen LogP contribution in [0.4, 0.5) is 0 Å². The Morgan fingerprint density at radius 3 is 1.76 bits per heavy atom. The van der Waals surface area contributed by atoms with E-state index in [0.29, 0.717) is 0 Å². The van der Waals surface area contributed by atoms with Crippen LogP contribution in [0, 0.1) is 0 Å². The van der Waals surface area contributed by atoms with Gasteiger partial charge in [-0.05, 0) is 0 Å². The average molecular weight is 331 g/mol. The van der Waals surface area contributed by atoms with Gasteiger partial charge in [-0.15, -0.1) is 5.48 Å². The van der Waals surface area contributed by atoms with Gasteiger partial charge < -0.3 is 39.6 Å². The topological polar surface area (TPSA) is 179 Å². The first kappa shape index (κ1) is 29.8. The van der Waals surface area contributed by atoms with E-state index in [0.717, 1.165) is 0 Å². The third kappa shape index (κ3) is 14.1. The minimum absolute atomic E-state index is 0. The molecule has 0 saturated carbocycles. The number of carboxylic acids is 3. The molecule has 0 amide bonds. The predicted octanol–water partition coefficient (Wildman–Crippen LogP) is -15.2. The summed E-state index contributed by atoms with van der Waals surface area (Å²) in [7, 11) is 0. The molecule has 0 aromatic heterocycles. The van der Waals surface area contributed by atoms with Crippen molar-refractivity contribution in [3.8, 4) is 0 Å². The van der Waals surface area contributed by atoms with E-state index in [2.05, 4.69) is 4.84 Å². The number of rotatable bonds is 8. The first-order chi connectivity index (χ1) is 8.17. The normalized spacial score (nSPS) is 11.5. The van der Waals surface area contributed by atoms with Gasteiger partial charge in [0.15, 0.2) is 0 Å². The third-order valence-electron chi connectivity index (χ3n) is 1.66. The molecule has 13 heteroatoms. The number of aliphatic carboxylic acids is 3. The molecule has 0 saturated heterocycles. The molecule has 0 radical (unpaired) electrons. The van der Waals surface area contributed by atoms with Gasteiger partial charge in [0.05, 0.1) is 24.9 Å². The number of carbonyl (C=O) groups excluding carboxylic acids is 4. The van der Waals surface area contributed by atoms with E-state index in [4.69, 9.17) is 0 Å². The fourth-order valence-electron chi connectivity index (χ4n) is 0.896. The van der Waals surface area contributed by atoms with E-state index >= 15 is 0 Å². The fraction of sp³-hybridized carbons (Fsp3) is 0.500. The Morgan fingerprint density at radius 2 is 1.43 bits per heavy atom. The van der Waals surface area contributed by atoms with Crippen molar-refractivity contribution in [3.63, 3.8) is 0 Å². The first-order valence-electron chi connectivity index (χ1n) is 4.43. The van der Waals surface area contributed by atoms with Crippen molar-refractivity contribution in [1.29, 1.82) is 0 Å². The number of hydroxylamine groups is 1. The van der Waals surface area contributed by atoms with Crippen LogP contribution >= 0.6 is 0 Å². The van der Waals surface area contributed by atoms with Gasteiger partial charge in [0.2, 0.25) is 0 Å². The van der Waals surface area contributed by atoms with Gasteiger partial charge in [-0.2, -0.15) is 0 Å². The van der Waals surface area contributed by atoms with Crippen LogP contribution in [0.15, 0.2) is 0 Å². The summed E-state index contributed by atoms with van der Waals surface area (Å²) in [4.78, 5) is 45.6. The van der Waals surface area contributed by atoms with Crippen LogP contribution in [-0.4, -0.2) is 41.1 Å². The van der Waals surface area contributed by atoms with Crippen molar-refractivity contribution in [2.24, 2.45) is 0 Å². The third-order valence-corrected chi connectivity index (χ3v) is 1.66. The summed E-state index contributed by atoms with van der Waals surface area (Å²) in [6.07, 6.45) is -2.64. The molecule has 102 valence electrons. The Kier molecular flexibility index (Phi) is 20.4. The Hall–Kier alpha value is 0.800. The van der Waals surface area contributed by atoms with Crippen LogP contribution in [0.25, 0.3) is 0 Å². The molecule has 0 aliphatic carbocycles. The summed E-state index contributed by atoms with van der Waals surface area (Å²) in [5.41, 5.74) is -1.40. The summed E-state index contributed by atoms with van der Waals surface area (Å²) < 4.78 is 0. The Balaban J connectivity index is -0.000000482. The van der Waals surface area contributed by atoms with Crippen molar-refractivity contribution in [1.82, 2.24) is 5.48 Å². The number of carboxylic acid groups (broad SMARTS) is 3. The van der Waals surface area contributed by atoms with Crippen LogP contribution in [0.5, 0.6) is 0 Å². The Labute approximate surface area is 185 Å². The van der Waals surface area contributed by atoms with E-state index in [1.54, 1.807) is 5.48 Å². The molecule has 21 heavy (non-hydrogen) atoms. The van der Waals surface area contributed by atoms with Crippen LogP contribution in [0.3, 0.4) is 0 Å². The molecule has 0 heterocycles. The quantitative estimate of drug-likeness (QED) is 0.320. The molecular weight excluding hydrogens is 323 g/mol. The van der Waals surface area contributed by atoms with Crippen LogP contribution in [-0.2, 0) is 24.0 Å². The molecule has 0 rings (SSSR count). The van der Waals surface area contributed by atoms with Crippen LogP contribution in [0.1, 0.15) is 12.8 Å². The number of carbonyl (C=O) groups is 4. The zero-order chi connectivity index (χ0) is 14.3. The number of hydrogen-bond donors (Lipinski definition) is 2. The Bertz CT molecular complexity index is 378. The van der Waals surface area contributed by atoms with E-state index < -0.39 is 48.9 Å². The molecule has 0 aliphatic rings. The van der Waals surface area contributed by atoms with E-state index in [-0.39, 0.29) is 88.7 Å². The summed E-state index contributed by atoms with van der Waals surface area (Å²) >= 11 is 0. The maximum atomic E-state index is 11.0. The molecule has 2 N–H and O–H groups in total. The second kappa shape index (κ2) is 14.4. The number of hydrogen-bond acceptors (Lipinski definition) is 10. The monoisotopic (exact) mass is 331 g/mol. The van der Waals surface area contributed by atoms with Crippen molar-refractivity contribution in [3.05, 3.63) is 0 Å². The molecule has 0 spiro atoms. The summed E-state index contributed by atoms with van der Waals surface area (Å²) in [5, 5.41) is 39.9. The minimum atomic E-state index is -3.00. The van der Waals surface area contributed by atoms with Crippen molar-refractivity contribution >= 4 is 23.9 Å². The first-order valence-corrected chi connectivity index (χ1v) is 4.43. The molecule has 0 aliphatic heterocycles. The zero-order valence-corrected chi connectivity index (χ0v) is 17.8. The molecule has 1 atom stereocenters. The van der Waals surface area contributed by atoms with Gasteiger partial charge in [0.25, 0.3) is 0 Å². The van der Waals surface area contributed by atoms with Gasteiger partial charge in [0, 0.05) is 12.4 Å². The average Bonchev–Trinajstić information content (AvgIpc) is 2.14. The standard InChI is InChI=1S/C8H11NO9.3Na/c10-4(11)1-8(17,7(15)16)2-6(14)18-9-3-5(12)13;;;/h9,17H,1-3H2,(H,10,11)(H,12,13)(H,15,16);;;/q;3*+1/p-3. The molecule has 1 unspecified atom stereocenters. The fourth-order valence-corrected chi connectivity index (χ4v) is 0.896. The van der Waals surface area contributed by atoms with Crippen LogP contribution in [0.2, 0.25) is 0 Å². The smallest absolute Gasteiger partial charge is 0.550 e. The predicted molar refractivity (Wildman–Crippen MR) is 43.3 cm³/mol. The van der Waals surface area contributed by atoms with Gasteiger partial charge in [-0.1, -0.05) is 0 Å². The molecule has 10 nitrogen and oxygen atoms in total. The maximum absolute atomic E-state index is 11.0. The molecule has 0 bridgehead atoms. The second-order valence-electron chi connectivity index (χ2n) is 3.21. The molecule has 0 fully saturated rings. The molecule has 0 aromatic rings. The second-order valence-corrected chi connectivity index (χ2v) is 3.21. The molecular formula is C8H8NNa3O9. The van der Waals surface area contributed by atoms with Crippen LogP contribution < -0.4 is 109 Å². The van der Waals surface area contributed by atoms with Crippen molar-refractivity contribution in [2.75, 3.05) is 6.54 Å². The summed E-state index contributed by atoms with van der Waals surface area (Å²) in [6, 6.07) is 0. The Morgan fingerprint density at radius 1 is 0.952 bits per heavy atom. The van der Waals surface area contributed by atoms with Crippen molar-refractivity contribution in [2.45, 2.75) is 18.4 Å². The van der Waals surface area contributed by atoms with Gasteiger partial charge >= 0.3 is 94.6 Å². The largest absolute Gasteiger partial charge is 1.00 e. The van der Waals surface area contributed by atoms with Gasteiger partial charge in [-0.3, -0.25) is 4.79 Å². The van der Waals surface area contributed by atoms with Crippen molar-refractivity contribution < 1.29 is 133 Å². The number of aliphatic hydroxyl groups is 1. The molecule has 0 aromatic carbocycles.